The summed E-state index contributed by atoms with van der Waals surface area (Å²) >= 11 is 0. The van der Waals surface area contributed by atoms with Crippen molar-refractivity contribution in [3.05, 3.63) is 35.2 Å². The van der Waals surface area contributed by atoms with E-state index in [0.29, 0.717) is 12.0 Å². The van der Waals surface area contributed by atoms with Crippen LogP contribution in [0.2, 0.25) is 0 Å². The first-order chi connectivity index (χ1) is 5.27. The quantitative estimate of drug-likeness (QED) is 0.485. The van der Waals surface area contributed by atoms with Gasteiger partial charge < -0.3 is 5.11 Å². The fourth-order valence-electron chi connectivity index (χ4n) is 0.701. The van der Waals surface area contributed by atoms with Gasteiger partial charge in [0.05, 0.1) is 12.1 Å². The Kier molecular flexibility index (Phi) is 1.88. The van der Waals surface area contributed by atoms with Crippen LogP contribution in [0.1, 0.15) is 10.4 Å². The zero-order valence-electron chi connectivity index (χ0n) is 5.61. The number of hydrogen-bond acceptors (Lipinski definition) is 2. The van der Waals surface area contributed by atoms with Crippen LogP contribution in [0.15, 0.2) is 18.2 Å². The van der Waals surface area contributed by atoms with Crippen LogP contribution in [-0.2, 0) is 0 Å². The van der Waals surface area contributed by atoms with Crippen molar-refractivity contribution in [2.24, 2.45) is 0 Å². The van der Waals surface area contributed by atoms with Crippen molar-refractivity contribution in [2.75, 3.05) is 0 Å². The van der Waals surface area contributed by atoms with Crippen molar-refractivity contribution in [1.82, 2.24) is 0 Å². The molecular formula is C8H5NO2. The van der Waals surface area contributed by atoms with Crippen LogP contribution in [0, 0.1) is 6.57 Å². The second-order valence-electron chi connectivity index (χ2n) is 1.97. The molecule has 3 heteroatoms. The summed E-state index contributed by atoms with van der Waals surface area (Å²) in [7, 11) is 0. The normalized spacial score (nSPS) is 8.64. The molecule has 0 heterocycles. The zero-order chi connectivity index (χ0) is 8.27. The SMILES string of the molecule is [C-]#[N+]c1ccc(C=O)c(O)c1. The molecule has 1 N–H and O–H groups in total. The Hall–Kier alpha value is -1.82. The molecule has 0 saturated heterocycles. The molecule has 1 aromatic rings. The van der Waals surface area contributed by atoms with Crippen LogP contribution < -0.4 is 0 Å². The minimum atomic E-state index is -0.145. The van der Waals surface area contributed by atoms with Gasteiger partial charge in [-0.15, -0.1) is 0 Å². The Balaban J connectivity index is 3.22. The van der Waals surface area contributed by atoms with Crippen molar-refractivity contribution in [3.63, 3.8) is 0 Å². The van der Waals surface area contributed by atoms with E-state index in [0.717, 1.165) is 0 Å². The average molecular weight is 147 g/mol. The van der Waals surface area contributed by atoms with E-state index >= 15 is 0 Å². The summed E-state index contributed by atoms with van der Waals surface area (Å²) in [6.07, 6.45) is 0.545. The number of aromatic hydroxyl groups is 1. The van der Waals surface area contributed by atoms with Crippen LogP contribution in [0.5, 0.6) is 5.75 Å². The van der Waals surface area contributed by atoms with Crippen molar-refractivity contribution >= 4 is 12.0 Å². The number of aldehydes is 1. The molecule has 0 fully saturated rings. The number of carbonyl (C=O) groups is 1. The smallest absolute Gasteiger partial charge is 0.190 e. The summed E-state index contributed by atoms with van der Waals surface area (Å²) < 4.78 is 0. The molecule has 0 radical (unpaired) electrons. The fraction of sp³-hybridized carbons (Fsp3) is 0. The summed E-state index contributed by atoms with van der Waals surface area (Å²) in [5.41, 5.74) is 0.533. The molecule has 0 aliphatic carbocycles. The summed E-state index contributed by atoms with van der Waals surface area (Å²) in [5, 5.41) is 9.05. The lowest BCUT2D eigenvalue weighted by Gasteiger charge is -1.95. The number of nitrogens with zero attached hydrogens (tertiary/aromatic N) is 1. The number of phenols is 1. The van der Waals surface area contributed by atoms with E-state index in [4.69, 9.17) is 11.7 Å². The van der Waals surface area contributed by atoms with E-state index in [2.05, 4.69) is 4.85 Å². The second-order valence-corrected chi connectivity index (χ2v) is 1.97. The first-order valence-corrected chi connectivity index (χ1v) is 2.93. The molecule has 0 unspecified atom stereocenters. The third-order valence-electron chi connectivity index (χ3n) is 1.27. The first-order valence-electron chi connectivity index (χ1n) is 2.93. The maximum atomic E-state index is 10.2. The van der Waals surface area contributed by atoms with Gasteiger partial charge in [-0.1, -0.05) is 12.1 Å². The zero-order valence-corrected chi connectivity index (χ0v) is 5.61. The predicted octanol–water partition coefficient (Wildman–Crippen LogP) is 1.76. The van der Waals surface area contributed by atoms with Crippen molar-refractivity contribution < 1.29 is 9.90 Å². The van der Waals surface area contributed by atoms with Gasteiger partial charge in [0.15, 0.2) is 12.0 Å². The van der Waals surface area contributed by atoms with Gasteiger partial charge in [0.25, 0.3) is 0 Å². The van der Waals surface area contributed by atoms with Gasteiger partial charge in [-0.05, 0) is 6.07 Å². The van der Waals surface area contributed by atoms with E-state index < -0.39 is 0 Å². The van der Waals surface area contributed by atoms with Gasteiger partial charge in [0.1, 0.15) is 5.75 Å². The molecule has 54 valence electrons. The Morgan fingerprint density at radius 1 is 1.55 bits per heavy atom. The number of phenolic OH excluding ortho intramolecular Hbond substituents is 1. The summed E-state index contributed by atoms with van der Waals surface area (Å²) in [5.74, 6) is -0.145. The molecule has 11 heavy (non-hydrogen) atoms. The highest BCUT2D eigenvalue weighted by atomic mass is 16.3. The standard InChI is InChI=1S/C8H5NO2/c1-9-7-3-2-6(5-10)8(11)4-7/h2-5,11H. The topological polar surface area (TPSA) is 41.7 Å². The Labute approximate surface area is 63.7 Å². The van der Waals surface area contributed by atoms with Gasteiger partial charge >= 0.3 is 0 Å². The number of benzene rings is 1. The predicted molar refractivity (Wildman–Crippen MR) is 39.8 cm³/mol. The van der Waals surface area contributed by atoms with Crippen LogP contribution in [0.25, 0.3) is 4.85 Å². The highest BCUT2D eigenvalue weighted by molar-refractivity contribution is 5.80. The molecular weight excluding hydrogens is 142 g/mol. The maximum absolute atomic E-state index is 10.2. The fourth-order valence-corrected chi connectivity index (χ4v) is 0.701. The average Bonchev–Trinajstić information content (AvgIpc) is 2.04. The molecule has 1 rings (SSSR count). The number of hydrogen-bond donors (Lipinski definition) is 1. The Morgan fingerprint density at radius 2 is 2.27 bits per heavy atom. The van der Waals surface area contributed by atoms with E-state index in [1.807, 2.05) is 0 Å². The van der Waals surface area contributed by atoms with Crippen LogP contribution in [0.3, 0.4) is 0 Å². The molecule has 0 aliphatic heterocycles. The molecule has 0 amide bonds. The van der Waals surface area contributed by atoms with Crippen LogP contribution in [-0.4, -0.2) is 11.4 Å². The molecule has 0 aliphatic rings. The molecule has 0 aromatic heterocycles. The monoisotopic (exact) mass is 147 g/mol. The lowest BCUT2D eigenvalue weighted by Crippen LogP contribution is -1.78. The van der Waals surface area contributed by atoms with E-state index in [-0.39, 0.29) is 11.3 Å². The second kappa shape index (κ2) is 2.84. The maximum Gasteiger partial charge on any atom is 0.190 e. The lowest BCUT2D eigenvalue weighted by atomic mass is 10.2. The molecule has 0 saturated carbocycles. The van der Waals surface area contributed by atoms with Crippen molar-refractivity contribution in [1.29, 1.82) is 0 Å². The van der Waals surface area contributed by atoms with Gasteiger partial charge in [-0.3, -0.25) is 4.79 Å². The van der Waals surface area contributed by atoms with Crippen molar-refractivity contribution in [3.8, 4) is 5.75 Å². The summed E-state index contributed by atoms with van der Waals surface area (Å²) in [6.45, 7) is 6.59. The third kappa shape index (κ3) is 1.36. The van der Waals surface area contributed by atoms with Gasteiger partial charge in [0, 0.05) is 0 Å². The number of rotatable bonds is 1. The molecule has 1 aromatic carbocycles. The van der Waals surface area contributed by atoms with Gasteiger partial charge in [-0.2, -0.15) is 0 Å². The van der Waals surface area contributed by atoms with Gasteiger partial charge in [-0.25, -0.2) is 4.85 Å². The molecule has 0 bridgehead atoms. The Bertz CT molecular complexity index is 325. The van der Waals surface area contributed by atoms with E-state index in [9.17, 15) is 4.79 Å². The molecule has 3 nitrogen and oxygen atoms in total. The highest BCUT2D eigenvalue weighted by Gasteiger charge is 1.99. The van der Waals surface area contributed by atoms with Crippen LogP contribution >= 0.6 is 0 Å². The third-order valence-corrected chi connectivity index (χ3v) is 1.27. The highest BCUT2D eigenvalue weighted by Crippen LogP contribution is 2.21. The van der Waals surface area contributed by atoms with E-state index in [1.165, 1.54) is 18.2 Å². The van der Waals surface area contributed by atoms with E-state index in [1.54, 1.807) is 0 Å². The minimum Gasteiger partial charge on any atom is -0.509 e. The minimum absolute atomic E-state index is 0.145. The van der Waals surface area contributed by atoms with Crippen LogP contribution in [0.4, 0.5) is 5.69 Å². The van der Waals surface area contributed by atoms with Gasteiger partial charge in [0.2, 0.25) is 0 Å². The molecule has 0 spiro atoms. The van der Waals surface area contributed by atoms with Crippen molar-refractivity contribution in [2.45, 2.75) is 0 Å². The number of carbonyl (C=O) groups excluding carboxylic acids is 1. The summed E-state index contributed by atoms with van der Waals surface area (Å²) in [4.78, 5) is 13.3. The first kappa shape index (κ1) is 7.29. The lowest BCUT2D eigenvalue weighted by molar-refractivity contribution is 0.112. The Morgan fingerprint density at radius 3 is 2.73 bits per heavy atom. The largest absolute Gasteiger partial charge is 0.509 e. The molecule has 0 atom stereocenters. The summed E-state index contributed by atoms with van der Waals surface area (Å²) in [6, 6.07) is 4.16.